The third-order valence-electron chi connectivity index (χ3n) is 3.53. The molecule has 1 N–H and O–H groups in total. The van der Waals surface area contributed by atoms with Gasteiger partial charge in [0, 0.05) is 5.02 Å². The highest BCUT2D eigenvalue weighted by Crippen LogP contribution is 2.32. The second-order valence-corrected chi connectivity index (χ2v) is 7.94. The average molecular weight is 413 g/mol. The lowest BCUT2D eigenvalue weighted by atomic mass is 10.3. The summed E-state index contributed by atoms with van der Waals surface area (Å²) in [6, 6.07) is 13.7. The van der Waals surface area contributed by atoms with Crippen LogP contribution in [0.3, 0.4) is 0 Å². The first-order valence-electron chi connectivity index (χ1n) is 8.07. The zero-order valence-corrected chi connectivity index (χ0v) is 16.6. The van der Waals surface area contributed by atoms with Crippen molar-refractivity contribution in [3.8, 4) is 11.5 Å². The molecule has 0 radical (unpaired) electrons. The Labute approximate surface area is 163 Å². The normalized spacial score (nSPS) is 10.9. The van der Waals surface area contributed by atoms with Crippen LogP contribution in [0.15, 0.2) is 48.5 Å². The number of carbonyl (C=O) groups excluding carboxylic acids is 1. The summed E-state index contributed by atoms with van der Waals surface area (Å²) in [4.78, 5) is 12.2. The highest BCUT2D eigenvalue weighted by Gasteiger charge is 2.24. The Morgan fingerprint density at radius 2 is 1.89 bits per heavy atom. The molecule has 0 spiro atoms. The molecular weight excluding hydrogens is 392 g/mol. The molecule has 0 aliphatic rings. The van der Waals surface area contributed by atoms with Gasteiger partial charge in [-0.25, -0.2) is 8.42 Å². The van der Waals surface area contributed by atoms with Crippen molar-refractivity contribution in [1.82, 2.24) is 5.32 Å². The molecule has 2 aromatic carbocycles. The molecule has 0 fully saturated rings. The molecule has 1 amide bonds. The maximum atomic E-state index is 12.2. The number of anilines is 1. The van der Waals surface area contributed by atoms with E-state index in [2.05, 4.69) is 5.32 Å². The SMILES string of the molecule is COc1ccc(Cl)cc1N(CC(=O)NCCOc1ccccc1)S(C)(=O)=O. The van der Waals surface area contributed by atoms with Crippen LogP contribution in [0.25, 0.3) is 0 Å². The summed E-state index contributed by atoms with van der Waals surface area (Å²) in [7, 11) is -2.32. The van der Waals surface area contributed by atoms with E-state index in [0.717, 1.165) is 10.6 Å². The number of para-hydroxylation sites is 1. The van der Waals surface area contributed by atoms with E-state index < -0.39 is 22.5 Å². The van der Waals surface area contributed by atoms with E-state index in [1.807, 2.05) is 18.2 Å². The monoisotopic (exact) mass is 412 g/mol. The minimum atomic E-state index is -3.73. The highest BCUT2D eigenvalue weighted by atomic mass is 35.5. The fourth-order valence-corrected chi connectivity index (χ4v) is 3.32. The second-order valence-electron chi connectivity index (χ2n) is 5.60. The number of methoxy groups -OCH3 is 1. The van der Waals surface area contributed by atoms with Gasteiger partial charge in [0.1, 0.15) is 24.7 Å². The summed E-state index contributed by atoms with van der Waals surface area (Å²) in [6.45, 7) is 0.0913. The fourth-order valence-electron chi connectivity index (χ4n) is 2.30. The van der Waals surface area contributed by atoms with E-state index in [1.165, 1.54) is 13.2 Å². The summed E-state index contributed by atoms with van der Waals surface area (Å²) in [5, 5.41) is 2.96. The molecule has 0 unspecified atom stereocenters. The van der Waals surface area contributed by atoms with Crippen LogP contribution < -0.4 is 19.1 Å². The number of amides is 1. The van der Waals surface area contributed by atoms with Crippen LogP contribution in [0.4, 0.5) is 5.69 Å². The van der Waals surface area contributed by atoms with Crippen molar-refractivity contribution >= 4 is 33.2 Å². The number of hydrogen-bond donors (Lipinski definition) is 1. The maximum absolute atomic E-state index is 12.2. The fraction of sp³-hybridized carbons (Fsp3) is 0.278. The van der Waals surface area contributed by atoms with Gasteiger partial charge in [0.25, 0.3) is 0 Å². The van der Waals surface area contributed by atoms with E-state index in [0.29, 0.717) is 16.5 Å². The first-order chi connectivity index (χ1) is 12.8. The maximum Gasteiger partial charge on any atom is 0.240 e. The van der Waals surface area contributed by atoms with Crippen LogP contribution in [0.1, 0.15) is 0 Å². The number of rotatable bonds is 9. The zero-order valence-electron chi connectivity index (χ0n) is 15.0. The molecule has 0 aliphatic carbocycles. The summed E-state index contributed by atoms with van der Waals surface area (Å²) in [6.07, 6.45) is 1.01. The molecule has 0 aliphatic heterocycles. The van der Waals surface area contributed by atoms with E-state index >= 15 is 0 Å². The average Bonchev–Trinajstić information content (AvgIpc) is 2.63. The number of nitrogens with zero attached hydrogens (tertiary/aromatic N) is 1. The van der Waals surface area contributed by atoms with Crippen LogP contribution in [-0.2, 0) is 14.8 Å². The molecule has 0 heterocycles. The minimum absolute atomic E-state index is 0.197. The number of nitrogens with one attached hydrogen (secondary N) is 1. The van der Waals surface area contributed by atoms with Gasteiger partial charge in [-0.15, -0.1) is 0 Å². The van der Waals surface area contributed by atoms with Crippen molar-refractivity contribution in [3.63, 3.8) is 0 Å². The van der Waals surface area contributed by atoms with Gasteiger partial charge in [-0.3, -0.25) is 9.10 Å². The van der Waals surface area contributed by atoms with Crippen molar-refractivity contribution in [2.45, 2.75) is 0 Å². The Morgan fingerprint density at radius 1 is 1.19 bits per heavy atom. The van der Waals surface area contributed by atoms with Crippen molar-refractivity contribution in [2.75, 3.05) is 37.4 Å². The van der Waals surface area contributed by atoms with Gasteiger partial charge in [-0.1, -0.05) is 29.8 Å². The third kappa shape index (κ3) is 6.33. The topological polar surface area (TPSA) is 84.9 Å². The summed E-state index contributed by atoms with van der Waals surface area (Å²) >= 11 is 5.97. The number of sulfonamides is 1. The molecule has 0 saturated heterocycles. The lowest BCUT2D eigenvalue weighted by Gasteiger charge is -2.24. The summed E-state index contributed by atoms with van der Waals surface area (Å²) in [5.74, 6) is 0.511. The van der Waals surface area contributed by atoms with Gasteiger partial charge in [0.15, 0.2) is 0 Å². The molecule has 2 aromatic rings. The van der Waals surface area contributed by atoms with E-state index in [4.69, 9.17) is 21.1 Å². The summed E-state index contributed by atoms with van der Waals surface area (Å²) in [5.41, 5.74) is 0.197. The third-order valence-corrected chi connectivity index (χ3v) is 4.89. The van der Waals surface area contributed by atoms with Crippen LogP contribution in [0, 0.1) is 0 Å². The number of hydrogen-bond acceptors (Lipinski definition) is 5. The van der Waals surface area contributed by atoms with Crippen molar-refractivity contribution in [1.29, 1.82) is 0 Å². The first-order valence-corrected chi connectivity index (χ1v) is 10.3. The van der Waals surface area contributed by atoms with Gasteiger partial charge >= 0.3 is 0 Å². The first kappa shape index (κ1) is 20.9. The minimum Gasteiger partial charge on any atom is -0.495 e. The molecule has 7 nitrogen and oxygen atoms in total. The molecule has 146 valence electrons. The molecule has 2 rings (SSSR count). The van der Waals surface area contributed by atoms with Crippen molar-refractivity contribution in [3.05, 3.63) is 53.6 Å². The number of benzene rings is 2. The number of carbonyl (C=O) groups is 1. The lowest BCUT2D eigenvalue weighted by Crippen LogP contribution is -2.41. The molecule has 0 saturated carbocycles. The number of ether oxygens (including phenoxy) is 2. The van der Waals surface area contributed by atoms with E-state index in [-0.39, 0.29) is 18.8 Å². The molecule has 0 bridgehead atoms. The van der Waals surface area contributed by atoms with E-state index in [9.17, 15) is 13.2 Å². The molecule has 27 heavy (non-hydrogen) atoms. The van der Waals surface area contributed by atoms with Crippen molar-refractivity contribution in [2.24, 2.45) is 0 Å². The zero-order chi connectivity index (χ0) is 19.9. The smallest absolute Gasteiger partial charge is 0.240 e. The second kappa shape index (κ2) is 9.48. The van der Waals surface area contributed by atoms with Gasteiger partial charge < -0.3 is 14.8 Å². The Kier molecular flexibility index (Phi) is 7.32. The number of halogens is 1. The lowest BCUT2D eigenvalue weighted by molar-refractivity contribution is -0.119. The van der Waals surface area contributed by atoms with Crippen LogP contribution >= 0.6 is 11.6 Å². The molecule has 0 atom stereocenters. The largest absolute Gasteiger partial charge is 0.495 e. The predicted octanol–water partition coefficient (Wildman–Crippen LogP) is 2.31. The Hall–Kier alpha value is -2.45. The molecule has 0 aromatic heterocycles. The highest BCUT2D eigenvalue weighted by molar-refractivity contribution is 7.92. The van der Waals surface area contributed by atoms with Gasteiger partial charge in [0.2, 0.25) is 15.9 Å². The van der Waals surface area contributed by atoms with E-state index in [1.54, 1.807) is 24.3 Å². The van der Waals surface area contributed by atoms with Gasteiger partial charge in [-0.05, 0) is 30.3 Å². The van der Waals surface area contributed by atoms with Gasteiger partial charge in [0.05, 0.1) is 25.6 Å². The quantitative estimate of drug-likeness (QED) is 0.639. The van der Waals surface area contributed by atoms with Crippen LogP contribution in [-0.4, -0.2) is 47.4 Å². The Morgan fingerprint density at radius 3 is 2.52 bits per heavy atom. The Balaban J connectivity index is 2.00. The van der Waals surface area contributed by atoms with Gasteiger partial charge in [-0.2, -0.15) is 0 Å². The summed E-state index contributed by atoms with van der Waals surface area (Å²) < 4.78 is 36.0. The van der Waals surface area contributed by atoms with Crippen LogP contribution in [0.5, 0.6) is 11.5 Å². The van der Waals surface area contributed by atoms with Crippen molar-refractivity contribution < 1.29 is 22.7 Å². The Bertz CT molecular complexity index is 875. The predicted molar refractivity (Wildman–Crippen MR) is 105 cm³/mol. The molecular formula is C18H21ClN2O5S. The standard InChI is InChI=1S/C18H21ClN2O5S/c1-25-17-9-8-14(19)12-16(17)21(27(2,23)24)13-18(22)20-10-11-26-15-6-4-3-5-7-15/h3-9,12H,10-11,13H2,1-2H3,(H,20,22). The van der Waals surface area contributed by atoms with Crippen LogP contribution in [0.2, 0.25) is 5.02 Å². The molecule has 9 heteroatoms.